The predicted molar refractivity (Wildman–Crippen MR) is 78.6 cm³/mol. The summed E-state index contributed by atoms with van der Waals surface area (Å²) in [6, 6.07) is 13.3. The molecule has 0 fully saturated rings. The van der Waals surface area contributed by atoms with E-state index in [0.29, 0.717) is 5.56 Å². The number of carbonyl (C=O) groups excluding carboxylic acids is 1. The predicted octanol–water partition coefficient (Wildman–Crippen LogP) is 4.67. The van der Waals surface area contributed by atoms with Crippen molar-refractivity contribution in [2.24, 2.45) is 0 Å². The number of benzene rings is 2. The largest absolute Gasteiger partial charge is 0.465 e. The summed E-state index contributed by atoms with van der Waals surface area (Å²) in [6.45, 7) is 0. The van der Waals surface area contributed by atoms with Gasteiger partial charge in [0.15, 0.2) is 0 Å². The average molecular weight is 370 g/mol. The molecule has 0 radical (unpaired) electrons. The summed E-state index contributed by atoms with van der Waals surface area (Å²) in [5, 5.41) is 0. The molecule has 0 saturated heterocycles. The van der Waals surface area contributed by atoms with E-state index in [9.17, 15) is 4.79 Å². The number of ether oxygens (including phenoxy) is 1. The van der Waals surface area contributed by atoms with Gasteiger partial charge in [-0.2, -0.15) is 0 Å². The summed E-state index contributed by atoms with van der Waals surface area (Å²) in [5.41, 5.74) is 2.37. The van der Waals surface area contributed by atoms with Gasteiger partial charge in [0.1, 0.15) is 0 Å². The maximum atomic E-state index is 11.7. The lowest BCUT2D eigenvalue weighted by Gasteiger charge is -2.09. The second-order valence-corrected chi connectivity index (χ2v) is 5.53. The van der Waals surface area contributed by atoms with Crippen LogP contribution in [0.2, 0.25) is 0 Å². The van der Waals surface area contributed by atoms with Gasteiger partial charge < -0.3 is 4.74 Å². The van der Waals surface area contributed by atoms with Gasteiger partial charge in [0.05, 0.1) is 12.7 Å². The molecule has 0 bridgehead atoms. The van der Waals surface area contributed by atoms with Crippen LogP contribution in [0.3, 0.4) is 0 Å². The molecule has 0 amide bonds. The minimum atomic E-state index is -0.332. The summed E-state index contributed by atoms with van der Waals surface area (Å²) < 4.78 is 6.70. The van der Waals surface area contributed by atoms with Crippen LogP contribution in [0.4, 0.5) is 0 Å². The zero-order valence-corrected chi connectivity index (χ0v) is 12.8. The number of rotatable bonds is 2. The van der Waals surface area contributed by atoms with E-state index in [1.54, 1.807) is 6.07 Å². The lowest BCUT2D eigenvalue weighted by atomic mass is 10.00. The highest BCUT2D eigenvalue weighted by Crippen LogP contribution is 2.30. The topological polar surface area (TPSA) is 26.3 Å². The van der Waals surface area contributed by atoms with Crippen molar-refractivity contribution in [3.05, 3.63) is 57.0 Å². The average Bonchev–Trinajstić information content (AvgIpc) is 2.36. The van der Waals surface area contributed by atoms with Crippen molar-refractivity contribution in [1.29, 1.82) is 0 Å². The van der Waals surface area contributed by atoms with Crippen LogP contribution in [-0.2, 0) is 4.74 Å². The molecule has 0 spiro atoms. The Morgan fingerprint density at radius 3 is 2.28 bits per heavy atom. The van der Waals surface area contributed by atoms with E-state index in [4.69, 9.17) is 4.74 Å². The van der Waals surface area contributed by atoms with Crippen molar-refractivity contribution >= 4 is 37.8 Å². The van der Waals surface area contributed by atoms with Crippen LogP contribution < -0.4 is 0 Å². The summed E-state index contributed by atoms with van der Waals surface area (Å²) in [7, 11) is 1.38. The molecule has 0 aromatic heterocycles. The molecule has 0 N–H and O–H groups in total. The van der Waals surface area contributed by atoms with Gasteiger partial charge in [-0.3, -0.25) is 0 Å². The second-order valence-electron chi connectivity index (χ2n) is 3.70. The van der Waals surface area contributed by atoms with E-state index in [0.717, 1.165) is 20.1 Å². The lowest BCUT2D eigenvalue weighted by molar-refractivity contribution is 0.0601. The molecular weight excluding hydrogens is 360 g/mol. The van der Waals surface area contributed by atoms with E-state index in [1.807, 2.05) is 36.4 Å². The number of esters is 1. The van der Waals surface area contributed by atoms with Gasteiger partial charge >= 0.3 is 5.97 Å². The Balaban J connectivity index is 2.60. The molecule has 0 heterocycles. The molecule has 18 heavy (non-hydrogen) atoms. The smallest absolute Gasteiger partial charge is 0.338 e. The molecule has 2 aromatic carbocycles. The lowest BCUT2D eigenvalue weighted by Crippen LogP contribution is -2.03. The SMILES string of the molecule is COC(=O)c1ccccc1-c1cc(Br)cc(Br)c1. The summed E-state index contributed by atoms with van der Waals surface area (Å²) >= 11 is 6.89. The van der Waals surface area contributed by atoms with Crippen molar-refractivity contribution in [2.45, 2.75) is 0 Å². The highest BCUT2D eigenvalue weighted by molar-refractivity contribution is 9.11. The molecule has 2 nitrogen and oxygen atoms in total. The van der Waals surface area contributed by atoms with Crippen LogP contribution in [0.25, 0.3) is 11.1 Å². The quantitative estimate of drug-likeness (QED) is 0.719. The molecule has 4 heteroatoms. The van der Waals surface area contributed by atoms with Gasteiger partial charge in [-0.1, -0.05) is 50.1 Å². The first kappa shape index (κ1) is 13.3. The van der Waals surface area contributed by atoms with E-state index in [-0.39, 0.29) is 5.97 Å². The van der Waals surface area contributed by atoms with Gasteiger partial charge in [-0.25, -0.2) is 4.79 Å². The first-order chi connectivity index (χ1) is 8.61. The number of hydrogen-bond acceptors (Lipinski definition) is 2. The fraction of sp³-hybridized carbons (Fsp3) is 0.0714. The van der Waals surface area contributed by atoms with Crippen LogP contribution >= 0.6 is 31.9 Å². The Morgan fingerprint density at radius 1 is 1.06 bits per heavy atom. The zero-order valence-electron chi connectivity index (χ0n) is 9.61. The Kier molecular flexibility index (Phi) is 4.19. The minimum absolute atomic E-state index is 0.332. The molecule has 92 valence electrons. The van der Waals surface area contributed by atoms with Crippen LogP contribution in [0, 0.1) is 0 Å². The van der Waals surface area contributed by atoms with Crippen molar-refractivity contribution in [1.82, 2.24) is 0 Å². The molecule has 2 aromatic rings. The van der Waals surface area contributed by atoms with Crippen molar-refractivity contribution in [2.75, 3.05) is 7.11 Å². The molecule has 0 aliphatic carbocycles. The number of carbonyl (C=O) groups is 1. The maximum Gasteiger partial charge on any atom is 0.338 e. The van der Waals surface area contributed by atoms with Gasteiger partial charge in [-0.05, 0) is 35.4 Å². The molecule has 0 aliphatic rings. The summed E-state index contributed by atoms with van der Waals surface area (Å²) in [4.78, 5) is 11.7. The van der Waals surface area contributed by atoms with Crippen molar-refractivity contribution in [3.8, 4) is 11.1 Å². The molecule has 0 saturated carbocycles. The Hall–Kier alpha value is -1.13. The van der Waals surface area contributed by atoms with E-state index < -0.39 is 0 Å². The first-order valence-electron chi connectivity index (χ1n) is 5.25. The van der Waals surface area contributed by atoms with Crippen LogP contribution in [0.5, 0.6) is 0 Å². The standard InChI is InChI=1S/C14H10Br2O2/c1-18-14(17)13-5-3-2-4-12(13)9-6-10(15)8-11(16)7-9/h2-8H,1H3. The van der Waals surface area contributed by atoms with Crippen LogP contribution in [-0.4, -0.2) is 13.1 Å². The summed E-state index contributed by atoms with van der Waals surface area (Å²) in [5.74, 6) is -0.332. The fourth-order valence-corrected chi connectivity index (χ4v) is 3.03. The number of methoxy groups -OCH3 is 1. The number of halogens is 2. The maximum absolute atomic E-state index is 11.7. The first-order valence-corrected chi connectivity index (χ1v) is 6.84. The Morgan fingerprint density at radius 2 is 1.67 bits per heavy atom. The van der Waals surface area contributed by atoms with Crippen LogP contribution in [0.1, 0.15) is 10.4 Å². The second kappa shape index (κ2) is 5.67. The highest BCUT2D eigenvalue weighted by Gasteiger charge is 2.13. The Bertz CT molecular complexity index is 574. The number of hydrogen-bond donors (Lipinski definition) is 0. The third kappa shape index (κ3) is 2.82. The molecule has 0 unspecified atom stereocenters. The van der Waals surface area contributed by atoms with E-state index in [2.05, 4.69) is 31.9 Å². The van der Waals surface area contributed by atoms with Gasteiger partial charge in [0, 0.05) is 8.95 Å². The van der Waals surface area contributed by atoms with Gasteiger partial charge in [0.25, 0.3) is 0 Å². The van der Waals surface area contributed by atoms with E-state index in [1.165, 1.54) is 7.11 Å². The zero-order chi connectivity index (χ0) is 13.1. The van der Waals surface area contributed by atoms with Crippen molar-refractivity contribution < 1.29 is 9.53 Å². The van der Waals surface area contributed by atoms with Gasteiger partial charge in [0.2, 0.25) is 0 Å². The Labute approximate surface area is 122 Å². The summed E-state index contributed by atoms with van der Waals surface area (Å²) in [6.07, 6.45) is 0. The molecule has 0 aliphatic heterocycles. The monoisotopic (exact) mass is 368 g/mol. The third-order valence-corrected chi connectivity index (χ3v) is 3.42. The fourth-order valence-electron chi connectivity index (χ4n) is 1.73. The minimum Gasteiger partial charge on any atom is -0.465 e. The van der Waals surface area contributed by atoms with E-state index >= 15 is 0 Å². The molecule has 0 atom stereocenters. The molecular formula is C14H10Br2O2. The van der Waals surface area contributed by atoms with Gasteiger partial charge in [-0.15, -0.1) is 0 Å². The molecule has 2 rings (SSSR count). The highest BCUT2D eigenvalue weighted by atomic mass is 79.9. The van der Waals surface area contributed by atoms with Crippen LogP contribution in [0.15, 0.2) is 51.4 Å². The van der Waals surface area contributed by atoms with Crippen molar-refractivity contribution in [3.63, 3.8) is 0 Å². The third-order valence-electron chi connectivity index (χ3n) is 2.51. The normalized spacial score (nSPS) is 10.2.